The molecule has 0 atom stereocenters. The summed E-state index contributed by atoms with van der Waals surface area (Å²) in [4.78, 5) is 22.6. The van der Waals surface area contributed by atoms with Gasteiger partial charge in [-0.1, -0.05) is 6.07 Å². The van der Waals surface area contributed by atoms with E-state index in [9.17, 15) is 4.79 Å². The second kappa shape index (κ2) is 9.21. The van der Waals surface area contributed by atoms with Crippen molar-refractivity contribution in [3.8, 4) is 0 Å². The number of likely N-dealkylation sites (tertiary alicyclic amines) is 1. The zero-order valence-electron chi connectivity index (χ0n) is 16.2. The highest BCUT2D eigenvalue weighted by Crippen LogP contribution is 2.33. The van der Waals surface area contributed by atoms with E-state index in [1.807, 2.05) is 12.3 Å². The van der Waals surface area contributed by atoms with Crippen molar-refractivity contribution < 1.29 is 4.79 Å². The minimum atomic E-state index is -0.000415. The van der Waals surface area contributed by atoms with E-state index < -0.39 is 0 Å². The van der Waals surface area contributed by atoms with Crippen LogP contribution in [0.15, 0.2) is 24.4 Å². The lowest BCUT2D eigenvalue weighted by Crippen LogP contribution is -2.44. The van der Waals surface area contributed by atoms with Gasteiger partial charge in [0.15, 0.2) is 0 Å². The smallest absolute Gasteiger partial charge is 0.316 e. The quantitative estimate of drug-likeness (QED) is 0.876. The van der Waals surface area contributed by atoms with Crippen molar-refractivity contribution in [2.45, 2.75) is 25.7 Å². The lowest BCUT2D eigenvalue weighted by molar-refractivity contribution is 0.134. The Balaban J connectivity index is 1.35. The van der Waals surface area contributed by atoms with Crippen LogP contribution in [0.2, 0.25) is 0 Å². The van der Waals surface area contributed by atoms with Crippen LogP contribution in [0.4, 0.5) is 10.6 Å². The number of hydrogen-bond donors (Lipinski definition) is 1. The summed E-state index contributed by atoms with van der Waals surface area (Å²) >= 11 is 0. The van der Waals surface area contributed by atoms with Crippen molar-refractivity contribution in [3.63, 3.8) is 0 Å². The first-order chi connectivity index (χ1) is 12.6. The number of rotatable bonds is 5. The average molecular weight is 360 g/mol. The molecular formula is C20H33N5O. The van der Waals surface area contributed by atoms with Gasteiger partial charge in [0.1, 0.15) is 5.82 Å². The number of piperidine rings is 2. The van der Waals surface area contributed by atoms with Gasteiger partial charge in [0.05, 0.1) is 0 Å². The Kier molecular flexibility index (Phi) is 6.72. The number of aromatic nitrogens is 1. The molecule has 3 heterocycles. The van der Waals surface area contributed by atoms with Crippen LogP contribution in [0.25, 0.3) is 0 Å². The summed E-state index contributed by atoms with van der Waals surface area (Å²) in [5.74, 6) is 2.86. The molecule has 26 heavy (non-hydrogen) atoms. The van der Waals surface area contributed by atoms with E-state index in [-0.39, 0.29) is 6.03 Å². The summed E-state index contributed by atoms with van der Waals surface area (Å²) in [5, 5.41) is 2.96. The molecular weight excluding hydrogens is 326 g/mol. The standard InChI is InChI=1S/C20H33N5O/c1-23(2)20(26)22-11-16-24-12-6-17(7-13-24)18-8-14-25(15-9-18)19-5-3-4-10-21-19/h3-5,10,17-18H,6-9,11-16H2,1-2H3,(H,22,26). The van der Waals surface area contributed by atoms with Crippen LogP contribution in [-0.4, -0.2) is 74.2 Å². The first-order valence-electron chi connectivity index (χ1n) is 9.97. The molecule has 3 rings (SSSR count). The predicted octanol–water partition coefficient (Wildman–Crippen LogP) is 2.28. The van der Waals surface area contributed by atoms with Gasteiger partial charge in [-0.25, -0.2) is 9.78 Å². The van der Waals surface area contributed by atoms with Gasteiger partial charge >= 0.3 is 6.03 Å². The monoisotopic (exact) mass is 359 g/mol. The Bertz CT molecular complexity index is 549. The third-order valence-corrected chi connectivity index (χ3v) is 5.92. The molecule has 2 aliphatic heterocycles. The van der Waals surface area contributed by atoms with Crippen molar-refractivity contribution in [2.75, 3.05) is 58.3 Å². The maximum atomic E-state index is 11.6. The van der Waals surface area contributed by atoms with E-state index >= 15 is 0 Å². The molecule has 1 aromatic rings. The SMILES string of the molecule is CN(C)C(=O)NCCN1CCC(C2CCN(c3ccccn3)CC2)CC1. The molecule has 0 radical (unpaired) electrons. The number of pyridine rings is 1. The zero-order chi connectivity index (χ0) is 18.4. The second-order valence-corrected chi connectivity index (χ2v) is 7.82. The Morgan fingerprint density at radius 3 is 2.35 bits per heavy atom. The molecule has 6 nitrogen and oxygen atoms in total. The van der Waals surface area contributed by atoms with Crippen LogP contribution < -0.4 is 10.2 Å². The number of hydrogen-bond acceptors (Lipinski definition) is 4. The number of nitrogens with one attached hydrogen (secondary N) is 1. The number of anilines is 1. The predicted molar refractivity (Wildman–Crippen MR) is 105 cm³/mol. The van der Waals surface area contributed by atoms with Gasteiger partial charge in [-0.05, 0) is 62.7 Å². The van der Waals surface area contributed by atoms with Gasteiger partial charge in [0.25, 0.3) is 0 Å². The molecule has 0 aromatic carbocycles. The van der Waals surface area contributed by atoms with E-state index in [2.05, 4.69) is 32.2 Å². The molecule has 2 amide bonds. The van der Waals surface area contributed by atoms with E-state index in [0.29, 0.717) is 0 Å². The van der Waals surface area contributed by atoms with E-state index in [1.165, 1.54) is 38.8 Å². The highest BCUT2D eigenvalue weighted by molar-refractivity contribution is 5.73. The molecule has 0 aliphatic carbocycles. The summed E-state index contributed by atoms with van der Waals surface area (Å²) in [6.07, 6.45) is 7.07. The molecule has 0 bridgehead atoms. The molecule has 1 N–H and O–H groups in total. The van der Waals surface area contributed by atoms with Crippen molar-refractivity contribution >= 4 is 11.8 Å². The Morgan fingerprint density at radius 1 is 1.12 bits per heavy atom. The third-order valence-electron chi connectivity index (χ3n) is 5.92. The van der Waals surface area contributed by atoms with Gasteiger partial charge < -0.3 is 20.0 Å². The fraction of sp³-hybridized carbons (Fsp3) is 0.700. The largest absolute Gasteiger partial charge is 0.357 e. The maximum absolute atomic E-state index is 11.6. The van der Waals surface area contributed by atoms with Crippen LogP contribution >= 0.6 is 0 Å². The van der Waals surface area contributed by atoms with Crippen molar-refractivity contribution in [1.82, 2.24) is 20.1 Å². The number of carbonyl (C=O) groups is 1. The molecule has 1 aromatic heterocycles. The number of nitrogens with zero attached hydrogens (tertiary/aromatic N) is 4. The fourth-order valence-electron chi connectivity index (χ4n) is 4.27. The summed E-state index contributed by atoms with van der Waals surface area (Å²) < 4.78 is 0. The molecule has 2 saturated heterocycles. The number of carbonyl (C=O) groups excluding carboxylic acids is 1. The maximum Gasteiger partial charge on any atom is 0.316 e. The van der Waals surface area contributed by atoms with E-state index in [4.69, 9.17) is 0 Å². The molecule has 6 heteroatoms. The second-order valence-electron chi connectivity index (χ2n) is 7.82. The summed E-state index contributed by atoms with van der Waals surface area (Å²) in [6.45, 7) is 6.32. The normalized spacial score (nSPS) is 20.2. The van der Waals surface area contributed by atoms with Crippen molar-refractivity contribution in [2.24, 2.45) is 11.8 Å². The van der Waals surface area contributed by atoms with Crippen LogP contribution in [-0.2, 0) is 0 Å². The molecule has 0 saturated carbocycles. The Morgan fingerprint density at radius 2 is 1.77 bits per heavy atom. The first-order valence-corrected chi connectivity index (χ1v) is 9.97. The highest BCUT2D eigenvalue weighted by Gasteiger charge is 2.29. The zero-order valence-corrected chi connectivity index (χ0v) is 16.2. The number of amides is 2. The Labute approximate surface area is 157 Å². The lowest BCUT2D eigenvalue weighted by Gasteiger charge is -2.40. The molecule has 0 spiro atoms. The van der Waals surface area contributed by atoms with E-state index in [0.717, 1.165) is 43.8 Å². The molecule has 144 valence electrons. The number of urea groups is 1. The fourth-order valence-corrected chi connectivity index (χ4v) is 4.27. The molecule has 2 aliphatic rings. The lowest BCUT2D eigenvalue weighted by atomic mass is 9.79. The molecule has 2 fully saturated rings. The van der Waals surface area contributed by atoms with Gasteiger partial charge in [0, 0.05) is 46.5 Å². The Hall–Kier alpha value is -1.82. The minimum absolute atomic E-state index is 0.000415. The highest BCUT2D eigenvalue weighted by atomic mass is 16.2. The summed E-state index contributed by atoms with van der Waals surface area (Å²) in [5.41, 5.74) is 0. The molecule has 0 unspecified atom stereocenters. The van der Waals surface area contributed by atoms with Crippen LogP contribution in [0.5, 0.6) is 0 Å². The van der Waals surface area contributed by atoms with Crippen LogP contribution in [0.3, 0.4) is 0 Å². The summed E-state index contributed by atoms with van der Waals surface area (Å²) in [6, 6.07) is 6.18. The first kappa shape index (κ1) is 19.0. The summed E-state index contributed by atoms with van der Waals surface area (Å²) in [7, 11) is 3.56. The van der Waals surface area contributed by atoms with Gasteiger partial charge in [-0.15, -0.1) is 0 Å². The van der Waals surface area contributed by atoms with Crippen LogP contribution in [0, 0.1) is 11.8 Å². The minimum Gasteiger partial charge on any atom is -0.357 e. The van der Waals surface area contributed by atoms with Crippen molar-refractivity contribution in [3.05, 3.63) is 24.4 Å². The topological polar surface area (TPSA) is 51.7 Å². The van der Waals surface area contributed by atoms with Crippen LogP contribution in [0.1, 0.15) is 25.7 Å². The third kappa shape index (κ3) is 5.10. The van der Waals surface area contributed by atoms with Crippen molar-refractivity contribution in [1.29, 1.82) is 0 Å². The van der Waals surface area contributed by atoms with E-state index in [1.54, 1.807) is 19.0 Å². The van der Waals surface area contributed by atoms with Gasteiger partial charge in [-0.3, -0.25) is 0 Å². The average Bonchev–Trinajstić information content (AvgIpc) is 2.69. The van der Waals surface area contributed by atoms with Gasteiger partial charge in [0.2, 0.25) is 0 Å². The van der Waals surface area contributed by atoms with Gasteiger partial charge in [-0.2, -0.15) is 0 Å².